The number of carbonyl (C=O) groups is 1. The highest BCUT2D eigenvalue weighted by atomic mass is 79.9. The number of nitrogens with one attached hydrogen (secondary N) is 1. The summed E-state index contributed by atoms with van der Waals surface area (Å²) in [6.07, 6.45) is 1.00. The van der Waals surface area contributed by atoms with E-state index in [0.717, 1.165) is 16.3 Å². The Balaban J connectivity index is 2.46. The van der Waals surface area contributed by atoms with E-state index < -0.39 is 26.0 Å². The first-order chi connectivity index (χ1) is 11.0. The molecular formula is C13H13BrN2O6S2. The van der Waals surface area contributed by atoms with Crippen LogP contribution in [0.3, 0.4) is 0 Å². The second kappa shape index (κ2) is 6.57. The summed E-state index contributed by atoms with van der Waals surface area (Å²) in [6, 6.07) is 6.46. The van der Waals surface area contributed by atoms with Crippen LogP contribution in [0.1, 0.15) is 5.56 Å². The van der Waals surface area contributed by atoms with Crippen LogP contribution in [0.5, 0.6) is 0 Å². The van der Waals surface area contributed by atoms with Crippen molar-refractivity contribution in [2.75, 3.05) is 6.26 Å². The van der Waals surface area contributed by atoms with Crippen LogP contribution in [-0.4, -0.2) is 38.3 Å². The second-order valence-corrected chi connectivity index (χ2v) is 9.52. The molecule has 130 valence electrons. The Labute approximate surface area is 147 Å². The highest BCUT2D eigenvalue weighted by Crippen LogP contribution is 2.24. The molecule has 1 amide bonds. The van der Waals surface area contributed by atoms with Crippen molar-refractivity contribution in [3.63, 3.8) is 0 Å². The highest BCUT2D eigenvalue weighted by Gasteiger charge is 2.22. The predicted molar refractivity (Wildman–Crippen MR) is 89.1 cm³/mol. The number of benzene rings is 1. The maximum atomic E-state index is 12.7. The fourth-order valence-corrected chi connectivity index (χ4v) is 4.92. The number of amides is 1. The number of sulfone groups is 1. The van der Waals surface area contributed by atoms with E-state index in [0.29, 0.717) is 5.56 Å². The van der Waals surface area contributed by atoms with Gasteiger partial charge in [-0.2, -0.15) is 0 Å². The van der Waals surface area contributed by atoms with E-state index in [1.807, 2.05) is 0 Å². The zero-order valence-electron chi connectivity index (χ0n) is 12.3. The van der Waals surface area contributed by atoms with Crippen molar-refractivity contribution >= 4 is 41.9 Å². The average Bonchev–Trinajstić information content (AvgIpc) is 2.86. The lowest BCUT2D eigenvalue weighted by atomic mass is 10.3. The first kappa shape index (κ1) is 18.5. The van der Waals surface area contributed by atoms with Gasteiger partial charge in [0.25, 0.3) is 10.0 Å². The highest BCUT2D eigenvalue weighted by molar-refractivity contribution is 9.10. The summed E-state index contributed by atoms with van der Waals surface area (Å²) >= 11 is 3.11. The summed E-state index contributed by atoms with van der Waals surface area (Å²) in [5, 5.41) is 10.7. The Bertz CT molecular complexity index is 995. The molecule has 24 heavy (non-hydrogen) atoms. The van der Waals surface area contributed by atoms with E-state index in [-0.39, 0.29) is 20.9 Å². The quantitative estimate of drug-likeness (QED) is 0.734. The molecule has 0 bridgehead atoms. The monoisotopic (exact) mass is 436 g/mol. The Morgan fingerprint density at radius 2 is 1.83 bits per heavy atom. The summed E-state index contributed by atoms with van der Waals surface area (Å²) in [5.41, 5.74) is 0.423. The molecule has 1 aromatic carbocycles. The molecule has 0 saturated carbocycles. The number of aromatic nitrogens is 1. The topological polar surface area (TPSA) is 123 Å². The third-order valence-electron chi connectivity index (χ3n) is 3.03. The van der Waals surface area contributed by atoms with Gasteiger partial charge in [0.15, 0.2) is 9.84 Å². The average molecular weight is 437 g/mol. The minimum absolute atomic E-state index is 0.0696. The van der Waals surface area contributed by atoms with Crippen LogP contribution in [0.15, 0.2) is 50.9 Å². The van der Waals surface area contributed by atoms with Gasteiger partial charge in [0.2, 0.25) is 0 Å². The van der Waals surface area contributed by atoms with Crippen LogP contribution >= 0.6 is 15.9 Å². The molecule has 1 heterocycles. The molecule has 0 aliphatic heterocycles. The number of hydrogen-bond acceptors (Lipinski definition) is 5. The smallest absolute Gasteiger partial charge is 0.404 e. The number of carboxylic acid groups (broad SMARTS) is 1. The molecule has 0 saturated heterocycles. The molecular weight excluding hydrogens is 424 g/mol. The standard InChI is InChI=1S/C13H13BrN2O6S2/c1-23(19,20)10-3-2-4-11(6-10)24(21,22)16-8-9(5-12(16)14)7-15-13(17)18/h2-6,8,15H,7H2,1H3,(H,17,18). The van der Waals surface area contributed by atoms with Gasteiger partial charge in [0.1, 0.15) is 4.60 Å². The molecule has 0 spiro atoms. The van der Waals surface area contributed by atoms with Gasteiger partial charge in [-0.1, -0.05) is 6.07 Å². The van der Waals surface area contributed by atoms with Crippen LogP contribution in [0.4, 0.5) is 4.79 Å². The van der Waals surface area contributed by atoms with Crippen molar-refractivity contribution < 1.29 is 26.7 Å². The van der Waals surface area contributed by atoms with Crippen molar-refractivity contribution in [1.82, 2.24) is 9.29 Å². The van der Waals surface area contributed by atoms with E-state index in [1.165, 1.54) is 30.5 Å². The second-order valence-electron chi connectivity index (χ2n) is 4.88. The van der Waals surface area contributed by atoms with Gasteiger partial charge >= 0.3 is 6.09 Å². The fraction of sp³-hybridized carbons (Fsp3) is 0.154. The van der Waals surface area contributed by atoms with Crippen molar-refractivity contribution in [2.45, 2.75) is 16.3 Å². The van der Waals surface area contributed by atoms with Crippen LogP contribution < -0.4 is 5.32 Å². The van der Waals surface area contributed by atoms with Gasteiger partial charge in [-0.25, -0.2) is 25.6 Å². The van der Waals surface area contributed by atoms with Gasteiger partial charge in [-0.05, 0) is 45.8 Å². The molecule has 0 atom stereocenters. The predicted octanol–water partition coefficient (Wildman–Crippen LogP) is 1.66. The van der Waals surface area contributed by atoms with Crippen molar-refractivity contribution in [3.8, 4) is 0 Å². The Kier molecular flexibility index (Phi) is 5.06. The number of hydrogen-bond donors (Lipinski definition) is 2. The summed E-state index contributed by atoms with van der Waals surface area (Å²) < 4.78 is 49.7. The molecule has 1 aromatic heterocycles. The van der Waals surface area contributed by atoms with E-state index in [2.05, 4.69) is 21.2 Å². The molecule has 11 heteroatoms. The molecule has 2 N–H and O–H groups in total. The number of rotatable bonds is 5. The minimum Gasteiger partial charge on any atom is -0.465 e. The minimum atomic E-state index is -4.04. The Morgan fingerprint density at radius 3 is 2.42 bits per heavy atom. The van der Waals surface area contributed by atoms with Crippen molar-refractivity contribution in [1.29, 1.82) is 0 Å². The van der Waals surface area contributed by atoms with Gasteiger partial charge < -0.3 is 10.4 Å². The largest absolute Gasteiger partial charge is 0.465 e. The van der Waals surface area contributed by atoms with E-state index in [1.54, 1.807) is 0 Å². The first-order valence-corrected chi connectivity index (χ1v) is 10.5. The van der Waals surface area contributed by atoms with Crippen LogP contribution in [0, 0.1) is 0 Å². The number of halogens is 1. The van der Waals surface area contributed by atoms with Crippen LogP contribution in [0.25, 0.3) is 0 Å². The molecule has 0 aliphatic carbocycles. The molecule has 2 aromatic rings. The van der Waals surface area contributed by atoms with Crippen molar-refractivity contribution in [2.24, 2.45) is 0 Å². The van der Waals surface area contributed by atoms with Gasteiger partial charge in [0, 0.05) is 19.0 Å². The normalized spacial score (nSPS) is 12.1. The number of nitrogens with zero attached hydrogens (tertiary/aromatic N) is 1. The first-order valence-electron chi connectivity index (χ1n) is 6.41. The summed E-state index contributed by atoms with van der Waals surface area (Å²) in [7, 11) is -7.59. The summed E-state index contributed by atoms with van der Waals surface area (Å²) in [5.74, 6) is 0. The summed E-state index contributed by atoms with van der Waals surface area (Å²) in [4.78, 5) is 10.2. The van der Waals surface area contributed by atoms with Gasteiger partial charge in [-0.3, -0.25) is 0 Å². The maximum absolute atomic E-state index is 12.7. The Morgan fingerprint density at radius 1 is 1.21 bits per heavy atom. The van der Waals surface area contributed by atoms with Crippen molar-refractivity contribution in [3.05, 3.63) is 46.7 Å². The molecule has 8 nitrogen and oxygen atoms in total. The molecule has 0 fully saturated rings. The lowest BCUT2D eigenvalue weighted by Crippen LogP contribution is -2.19. The van der Waals surface area contributed by atoms with Gasteiger partial charge in [-0.15, -0.1) is 0 Å². The summed E-state index contributed by atoms with van der Waals surface area (Å²) in [6.45, 7) is -0.0696. The zero-order chi connectivity index (χ0) is 18.1. The zero-order valence-corrected chi connectivity index (χ0v) is 15.5. The molecule has 0 radical (unpaired) electrons. The maximum Gasteiger partial charge on any atom is 0.404 e. The SMILES string of the molecule is CS(=O)(=O)c1cccc(S(=O)(=O)n2cc(CNC(=O)O)cc2Br)c1. The third kappa shape index (κ3) is 3.97. The third-order valence-corrected chi connectivity index (χ3v) is 6.66. The van der Waals surface area contributed by atoms with Crippen LogP contribution in [0.2, 0.25) is 0 Å². The lowest BCUT2D eigenvalue weighted by molar-refractivity contribution is 0.194. The molecule has 0 unspecified atom stereocenters. The molecule has 0 aliphatic rings. The van der Waals surface area contributed by atoms with E-state index in [4.69, 9.17) is 5.11 Å². The van der Waals surface area contributed by atoms with Gasteiger partial charge in [0.05, 0.1) is 9.79 Å². The molecule has 2 rings (SSSR count). The van der Waals surface area contributed by atoms with E-state index in [9.17, 15) is 21.6 Å². The lowest BCUT2D eigenvalue weighted by Gasteiger charge is -2.08. The fourth-order valence-electron chi connectivity index (χ4n) is 1.90. The van der Waals surface area contributed by atoms with Crippen LogP contribution in [-0.2, 0) is 26.4 Å². The Hall–Kier alpha value is -1.85. The van der Waals surface area contributed by atoms with E-state index >= 15 is 0 Å².